The van der Waals surface area contributed by atoms with E-state index < -0.39 is 10.0 Å². The molecule has 1 fully saturated rings. The average molecular weight is 419 g/mol. The first kappa shape index (κ1) is 18.4. The minimum atomic E-state index is -3.53. The number of hydrogen-bond donors (Lipinski definition) is 1. The summed E-state index contributed by atoms with van der Waals surface area (Å²) in [6.45, 7) is 1.67. The fourth-order valence-corrected chi connectivity index (χ4v) is 4.45. The van der Waals surface area contributed by atoms with Crippen molar-refractivity contribution in [2.45, 2.75) is 10.9 Å². The van der Waals surface area contributed by atoms with Crippen LogP contribution in [0.15, 0.2) is 58.2 Å². The standard InChI is InChI=1S/C15H16BrN3O2S.ClH/c16-13-3-5-14(6-4-13)22(20,21)19-9-8-18-11-15(19)12-2-1-7-17-10-12;/h1-7,10,15,18H,8-9,11H2;1H. The second-order valence-electron chi connectivity index (χ2n) is 5.08. The predicted octanol–water partition coefficient (Wildman–Crippen LogP) is 2.60. The lowest BCUT2D eigenvalue weighted by Crippen LogP contribution is -2.48. The van der Waals surface area contributed by atoms with Gasteiger partial charge in [0.05, 0.1) is 10.9 Å². The molecular formula is C15H17BrClN3O2S. The molecule has 8 heteroatoms. The highest BCUT2D eigenvalue weighted by atomic mass is 79.9. The topological polar surface area (TPSA) is 62.3 Å². The zero-order valence-electron chi connectivity index (χ0n) is 12.2. The van der Waals surface area contributed by atoms with Gasteiger partial charge in [0.2, 0.25) is 10.0 Å². The number of aromatic nitrogens is 1. The molecule has 0 radical (unpaired) electrons. The van der Waals surface area contributed by atoms with Gasteiger partial charge in [0.25, 0.3) is 0 Å². The second-order valence-corrected chi connectivity index (χ2v) is 7.88. The SMILES string of the molecule is Cl.O=S(=O)(c1ccc(Br)cc1)N1CCNCC1c1cccnc1. The maximum absolute atomic E-state index is 12.9. The van der Waals surface area contributed by atoms with Gasteiger partial charge in [-0.3, -0.25) is 4.98 Å². The van der Waals surface area contributed by atoms with Crippen LogP contribution in [-0.4, -0.2) is 37.3 Å². The first-order valence-corrected chi connectivity index (χ1v) is 9.20. The van der Waals surface area contributed by atoms with Crippen molar-refractivity contribution in [1.29, 1.82) is 0 Å². The largest absolute Gasteiger partial charge is 0.313 e. The fourth-order valence-electron chi connectivity index (χ4n) is 2.57. The summed E-state index contributed by atoms with van der Waals surface area (Å²) in [4.78, 5) is 4.42. The zero-order chi connectivity index (χ0) is 15.6. The Morgan fingerprint density at radius 1 is 1.22 bits per heavy atom. The van der Waals surface area contributed by atoms with Crippen LogP contribution in [0.4, 0.5) is 0 Å². The lowest BCUT2D eigenvalue weighted by molar-refractivity contribution is 0.271. The molecule has 0 aliphatic carbocycles. The summed E-state index contributed by atoms with van der Waals surface area (Å²) < 4.78 is 28.3. The number of hydrogen-bond acceptors (Lipinski definition) is 4. The number of rotatable bonds is 3. The number of pyridine rings is 1. The number of nitrogens with one attached hydrogen (secondary N) is 1. The van der Waals surface area contributed by atoms with E-state index in [0.29, 0.717) is 24.5 Å². The molecule has 1 aliphatic rings. The summed E-state index contributed by atoms with van der Waals surface area (Å²) in [5.41, 5.74) is 0.899. The first-order valence-electron chi connectivity index (χ1n) is 6.97. The summed E-state index contributed by atoms with van der Waals surface area (Å²) in [5, 5.41) is 3.25. The number of sulfonamides is 1. The molecule has 1 saturated heterocycles. The van der Waals surface area contributed by atoms with Crippen molar-refractivity contribution in [3.63, 3.8) is 0 Å². The van der Waals surface area contributed by atoms with E-state index in [9.17, 15) is 8.42 Å². The molecule has 0 spiro atoms. The molecule has 0 amide bonds. The highest BCUT2D eigenvalue weighted by molar-refractivity contribution is 9.10. The third-order valence-electron chi connectivity index (χ3n) is 3.68. The van der Waals surface area contributed by atoms with E-state index in [1.165, 1.54) is 0 Å². The molecule has 23 heavy (non-hydrogen) atoms. The van der Waals surface area contributed by atoms with Gasteiger partial charge in [0, 0.05) is 36.5 Å². The highest BCUT2D eigenvalue weighted by Crippen LogP contribution is 2.28. The molecule has 1 aromatic heterocycles. The van der Waals surface area contributed by atoms with E-state index in [4.69, 9.17) is 0 Å². The molecule has 0 saturated carbocycles. The van der Waals surface area contributed by atoms with Gasteiger partial charge >= 0.3 is 0 Å². The fraction of sp³-hybridized carbons (Fsp3) is 0.267. The maximum Gasteiger partial charge on any atom is 0.243 e. The minimum absolute atomic E-state index is 0. The molecule has 2 aromatic rings. The molecule has 0 bridgehead atoms. The average Bonchev–Trinajstić information content (AvgIpc) is 2.56. The van der Waals surface area contributed by atoms with Crippen LogP contribution in [-0.2, 0) is 10.0 Å². The molecule has 1 atom stereocenters. The van der Waals surface area contributed by atoms with Gasteiger partial charge in [0.15, 0.2) is 0 Å². The van der Waals surface area contributed by atoms with Crippen molar-refractivity contribution in [3.8, 4) is 0 Å². The minimum Gasteiger partial charge on any atom is -0.313 e. The normalized spacial score (nSPS) is 19.1. The van der Waals surface area contributed by atoms with E-state index in [2.05, 4.69) is 26.2 Å². The van der Waals surface area contributed by atoms with E-state index in [1.54, 1.807) is 41.0 Å². The first-order chi connectivity index (χ1) is 10.6. The van der Waals surface area contributed by atoms with Crippen LogP contribution in [0, 0.1) is 0 Å². The Balaban J connectivity index is 0.00000192. The molecule has 124 valence electrons. The molecule has 1 aromatic carbocycles. The summed E-state index contributed by atoms with van der Waals surface area (Å²) in [6.07, 6.45) is 3.41. The Hall–Kier alpha value is -0.990. The van der Waals surface area contributed by atoms with E-state index in [-0.39, 0.29) is 18.4 Å². The maximum atomic E-state index is 12.9. The second kappa shape index (κ2) is 7.72. The van der Waals surface area contributed by atoms with Gasteiger partial charge in [-0.2, -0.15) is 4.31 Å². The number of benzene rings is 1. The molecule has 2 heterocycles. The van der Waals surface area contributed by atoms with E-state index in [0.717, 1.165) is 10.0 Å². The lowest BCUT2D eigenvalue weighted by atomic mass is 10.1. The quantitative estimate of drug-likeness (QED) is 0.832. The molecule has 1 unspecified atom stereocenters. The molecule has 3 rings (SSSR count). The van der Waals surface area contributed by atoms with Gasteiger partial charge in [0.1, 0.15) is 0 Å². The predicted molar refractivity (Wildman–Crippen MR) is 95.1 cm³/mol. The summed E-state index contributed by atoms with van der Waals surface area (Å²) in [6, 6.07) is 10.2. The smallest absolute Gasteiger partial charge is 0.243 e. The molecular weight excluding hydrogens is 402 g/mol. The van der Waals surface area contributed by atoms with Gasteiger partial charge in [-0.1, -0.05) is 22.0 Å². The van der Waals surface area contributed by atoms with Gasteiger partial charge in [-0.05, 0) is 35.9 Å². The Kier molecular flexibility index (Phi) is 6.16. The van der Waals surface area contributed by atoms with Crippen molar-refractivity contribution in [1.82, 2.24) is 14.6 Å². The van der Waals surface area contributed by atoms with E-state index >= 15 is 0 Å². The lowest BCUT2D eigenvalue weighted by Gasteiger charge is -2.35. The summed E-state index contributed by atoms with van der Waals surface area (Å²) in [5.74, 6) is 0. The van der Waals surface area contributed by atoms with E-state index in [1.807, 2.05) is 12.1 Å². The van der Waals surface area contributed by atoms with Gasteiger partial charge in [-0.15, -0.1) is 12.4 Å². The van der Waals surface area contributed by atoms with Gasteiger partial charge in [-0.25, -0.2) is 8.42 Å². The van der Waals surface area contributed by atoms with Crippen molar-refractivity contribution in [2.75, 3.05) is 19.6 Å². The molecule has 1 aliphatic heterocycles. The number of nitrogens with zero attached hydrogens (tertiary/aromatic N) is 2. The van der Waals surface area contributed by atoms with Crippen LogP contribution < -0.4 is 5.32 Å². The third kappa shape index (κ3) is 3.92. The van der Waals surface area contributed by atoms with Crippen LogP contribution in [0.3, 0.4) is 0 Å². The number of piperazine rings is 1. The van der Waals surface area contributed by atoms with Crippen LogP contribution >= 0.6 is 28.3 Å². The molecule has 5 nitrogen and oxygen atoms in total. The Morgan fingerprint density at radius 3 is 2.61 bits per heavy atom. The van der Waals surface area contributed by atoms with Crippen LogP contribution in [0.2, 0.25) is 0 Å². The van der Waals surface area contributed by atoms with Crippen LogP contribution in [0.5, 0.6) is 0 Å². The summed E-state index contributed by atoms with van der Waals surface area (Å²) >= 11 is 3.33. The molecule has 1 N–H and O–H groups in total. The highest BCUT2D eigenvalue weighted by Gasteiger charge is 2.34. The van der Waals surface area contributed by atoms with Gasteiger partial charge < -0.3 is 5.32 Å². The zero-order valence-corrected chi connectivity index (χ0v) is 15.4. The van der Waals surface area contributed by atoms with Crippen LogP contribution in [0.25, 0.3) is 0 Å². The van der Waals surface area contributed by atoms with Crippen LogP contribution in [0.1, 0.15) is 11.6 Å². The third-order valence-corrected chi connectivity index (χ3v) is 6.13. The monoisotopic (exact) mass is 417 g/mol. The van der Waals surface area contributed by atoms with Crippen molar-refractivity contribution < 1.29 is 8.42 Å². The number of halogens is 2. The Bertz CT molecular complexity index is 741. The van der Waals surface area contributed by atoms with Crippen molar-refractivity contribution in [2.24, 2.45) is 0 Å². The Morgan fingerprint density at radius 2 is 1.96 bits per heavy atom. The van der Waals surface area contributed by atoms with Crippen molar-refractivity contribution >= 4 is 38.4 Å². The van der Waals surface area contributed by atoms with Crippen molar-refractivity contribution in [3.05, 3.63) is 58.8 Å². The Labute approximate surface area is 150 Å². The summed E-state index contributed by atoms with van der Waals surface area (Å²) in [7, 11) is -3.53.